The number of carbonyl (C=O) groups is 1. The number of anilines is 1. The van der Waals surface area contributed by atoms with Crippen molar-refractivity contribution < 1.29 is 9.21 Å². The predicted molar refractivity (Wildman–Crippen MR) is 54.8 cm³/mol. The third-order valence-electron chi connectivity index (χ3n) is 2.69. The summed E-state index contributed by atoms with van der Waals surface area (Å²) < 4.78 is 5.10. The molecule has 3 nitrogen and oxygen atoms in total. The molecule has 1 fully saturated rings. The van der Waals surface area contributed by atoms with Gasteiger partial charge in [0.25, 0.3) is 0 Å². The highest BCUT2D eigenvalue weighted by Crippen LogP contribution is 2.21. The van der Waals surface area contributed by atoms with Crippen LogP contribution in [0.2, 0.25) is 0 Å². The van der Waals surface area contributed by atoms with Crippen molar-refractivity contribution >= 4 is 12.0 Å². The summed E-state index contributed by atoms with van der Waals surface area (Å²) in [4.78, 5) is 12.8. The summed E-state index contributed by atoms with van der Waals surface area (Å²) in [5.41, 5.74) is 1.05. The van der Waals surface area contributed by atoms with Crippen LogP contribution in [0.3, 0.4) is 0 Å². The molecule has 1 aliphatic rings. The molecule has 0 N–H and O–H groups in total. The van der Waals surface area contributed by atoms with E-state index in [9.17, 15) is 4.79 Å². The molecule has 1 saturated heterocycles. The minimum Gasteiger partial charge on any atom is -0.459 e. The van der Waals surface area contributed by atoms with Gasteiger partial charge in [0.1, 0.15) is 6.26 Å². The lowest BCUT2D eigenvalue weighted by Gasteiger charge is -2.19. The van der Waals surface area contributed by atoms with E-state index in [1.54, 1.807) is 6.26 Å². The van der Waals surface area contributed by atoms with E-state index in [1.165, 1.54) is 25.7 Å². The molecule has 0 saturated carbocycles. The monoisotopic (exact) mass is 193 g/mol. The Labute approximate surface area is 83.7 Å². The van der Waals surface area contributed by atoms with Crippen LogP contribution in [0.1, 0.15) is 36.2 Å². The second kappa shape index (κ2) is 4.31. The van der Waals surface area contributed by atoms with Crippen LogP contribution in [0.5, 0.6) is 0 Å². The first-order valence-electron chi connectivity index (χ1n) is 5.19. The lowest BCUT2D eigenvalue weighted by Crippen LogP contribution is -2.23. The molecule has 2 heterocycles. The molecule has 0 bridgehead atoms. The van der Waals surface area contributed by atoms with E-state index in [4.69, 9.17) is 4.42 Å². The van der Waals surface area contributed by atoms with Gasteiger partial charge in [0, 0.05) is 19.2 Å². The van der Waals surface area contributed by atoms with Crippen LogP contribution in [-0.4, -0.2) is 19.4 Å². The van der Waals surface area contributed by atoms with Gasteiger partial charge in [0.15, 0.2) is 12.0 Å². The van der Waals surface area contributed by atoms with E-state index < -0.39 is 0 Å². The van der Waals surface area contributed by atoms with Gasteiger partial charge < -0.3 is 9.32 Å². The fourth-order valence-corrected chi connectivity index (χ4v) is 1.90. The molecule has 3 heteroatoms. The highest BCUT2D eigenvalue weighted by atomic mass is 16.3. The van der Waals surface area contributed by atoms with Gasteiger partial charge in [0.2, 0.25) is 0 Å². The van der Waals surface area contributed by atoms with E-state index in [0.717, 1.165) is 25.1 Å². The van der Waals surface area contributed by atoms with Crippen molar-refractivity contribution in [2.75, 3.05) is 18.0 Å². The van der Waals surface area contributed by atoms with Crippen molar-refractivity contribution in [2.45, 2.75) is 25.7 Å². The molecule has 0 aromatic carbocycles. The van der Waals surface area contributed by atoms with E-state index in [1.807, 2.05) is 6.07 Å². The minimum atomic E-state index is 0.421. The zero-order valence-electron chi connectivity index (χ0n) is 8.24. The Morgan fingerprint density at radius 2 is 1.93 bits per heavy atom. The molecule has 1 aromatic heterocycles. The Kier molecular flexibility index (Phi) is 2.87. The van der Waals surface area contributed by atoms with Gasteiger partial charge in [-0.15, -0.1) is 0 Å². The fourth-order valence-electron chi connectivity index (χ4n) is 1.90. The topological polar surface area (TPSA) is 33.5 Å². The molecule has 0 unspecified atom stereocenters. The maximum absolute atomic E-state index is 10.5. The largest absolute Gasteiger partial charge is 0.459 e. The quantitative estimate of drug-likeness (QED) is 0.676. The highest BCUT2D eigenvalue weighted by molar-refractivity contribution is 5.73. The van der Waals surface area contributed by atoms with Crippen molar-refractivity contribution in [1.29, 1.82) is 0 Å². The van der Waals surface area contributed by atoms with E-state index in [2.05, 4.69) is 4.90 Å². The summed E-state index contributed by atoms with van der Waals surface area (Å²) in [6.45, 7) is 2.16. The van der Waals surface area contributed by atoms with Crippen molar-refractivity contribution in [1.82, 2.24) is 0 Å². The molecule has 76 valence electrons. The van der Waals surface area contributed by atoms with Gasteiger partial charge in [0.05, 0.1) is 5.69 Å². The number of carbonyl (C=O) groups excluding carboxylic acids is 1. The minimum absolute atomic E-state index is 0.421. The molecular weight excluding hydrogens is 178 g/mol. The molecule has 0 radical (unpaired) electrons. The molecule has 2 rings (SSSR count). The molecule has 1 aromatic rings. The number of furan rings is 1. The fraction of sp³-hybridized carbons (Fsp3) is 0.545. The second-order valence-electron chi connectivity index (χ2n) is 3.73. The first-order chi connectivity index (χ1) is 6.90. The van der Waals surface area contributed by atoms with E-state index in [-0.39, 0.29) is 0 Å². The number of aldehydes is 1. The molecule has 0 atom stereocenters. The summed E-state index contributed by atoms with van der Waals surface area (Å²) in [5.74, 6) is 0.421. The molecule has 1 aliphatic heterocycles. The van der Waals surface area contributed by atoms with Crippen molar-refractivity contribution in [3.63, 3.8) is 0 Å². The Morgan fingerprint density at radius 3 is 2.50 bits per heavy atom. The van der Waals surface area contributed by atoms with Crippen LogP contribution in [0.15, 0.2) is 16.7 Å². The van der Waals surface area contributed by atoms with Crippen LogP contribution in [0.4, 0.5) is 5.69 Å². The van der Waals surface area contributed by atoms with Crippen LogP contribution in [0, 0.1) is 0 Å². The van der Waals surface area contributed by atoms with Crippen LogP contribution < -0.4 is 4.90 Å². The standard InChI is InChI=1S/C11H15NO2/c13-8-11-7-10(9-14-11)12-5-3-1-2-4-6-12/h7-9H,1-6H2. The Balaban J connectivity index is 2.08. The number of hydrogen-bond acceptors (Lipinski definition) is 3. The predicted octanol–water partition coefficient (Wildman–Crippen LogP) is 2.47. The number of hydrogen-bond donors (Lipinski definition) is 0. The summed E-state index contributed by atoms with van der Waals surface area (Å²) in [6, 6.07) is 1.82. The number of rotatable bonds is 2. The smallest absolute Gasteiger partial charge is 0.185 e. The lowest BCUT2D eigenvalue weighted by atomic mass is 10.2. The third-order valence-corrected chi connectivity index (χ3v) is 2.69. The van der Waals surface area contributed by atoms with Crippen LogP contribution in [0.25, 0.3) is 0 Å². The van der Waals surface area contributed by atoms with Crippen molar-refractivity contribution in [2.24, 2.45) is 0 Å². The molecule has 0 spiro atoms. The van der Waals surface area contributed by atoms with Crippen molar-refractivity contribution in [3.05, 3.63) is 18.1 Å². The van der Waals surface area contributed by atoms with Gasteiger partial charge in [-0.05, 0) is 12.8 Å². The molecular formula is C11H15NO2. The first kappa shape index (κ1) is 9.31. The summed E-state index contributed by atoms with van der Waals surface area (Å²) in [6.07, 6.45) is 7.53. The average molecular weight is 193 g/mol. The zero-order chi connectivity index (χ0) is 9.80. The van der Waals surface area contributed by atoms with Crippen molar-refractivity contribution in [3.8, 4) is 0 Å². The molecule has 0 amide bonds. The number of nitrogens with zero attached hydrogens (tertiary/aromatic N) is 1. The van der Waals surface area contributed by atoms with Gasteiger partial charge in [-0.1, -0.05) is 12.8 Å². The maximum Gasteiger partial charge on any atom is 0.185 e. The highest BCUT2D eigenvalue weighted by Gasteiger charge is 2.11. The Morgan fingerprint density at radius 1 is 1.21 bits per heavy atom. The van der Waals surface area contributed by atoms with Gasteiger partial charge in [-0.2, -0.15) is 0 Å². The normalized spacial score (nSPS) is 17.9. The second-order valence-corrected chi connectivity index (χ2v) is 3.73. The van der Waals surface area contributed by atoms with E-state index in [0.29, 0.717) is 5.76 Å². The first-order valence-corrected chi connectivity index (χ1v) is 5.19. The van der Waals surface area contributed by atoms with Crippen LogP contribution in [-0.2, 0) is 0 Å². The van der Waals surface area contributed by atoms with Gasteiger partial charge >= 0.3 is 0 Å². The molecule has 14 heavy (non-hydrogen) atoms. The van der Waals surface area contributed by atoms with Gasteiger partial charge in [-0.3, -0.25) is 4.79 Å². The summed E-state index contributed by atoms with van der Waals surface area (Å²) in [5, 5.41) is 0. The summed E-state index contributed by atoms with van der Waals surface area (Å²) in [7, 11) is 0. The SMILES string of the molecule is O=Cc1cc(N2CCCCCC2)co1. The maximum atomic E-state index is 10.5. The summed E-state index contributed by atoms with van der Waals surface area (Å²) >= 11 is 0. The lowest BCUT2D eigenvalue weighted by molar-refractivity contribution is 0.110. The zero-order valence-corrected chi connectivity index (χ0v) is 8.24. The van der Waals surface area contributed by atoms with Gasteiger partial charge in [-0.25, -0.2) is 0 Å². The van der Waals surface area contributed by atoms with Crippen LogP contribution >= 0.6 is 0 Å². The average Bonchev–Trinajstić information content (AvgIpc) is 2.53. The Hall–Kier alpha value is -1.25. The Bertz CT molecular complexity index is 298. The van der Waals surface area contributed by atoms with E-state index >= 15 is 0 Å². The molecule has 0 aliphatic carbocycles. The third kappa shape index (κ3) is 1.97.